The van der Waals surface area contributed by atoms with Crippen molar-refractivity contribution in [2.24, 2.45) is 5.92 Å². The summed E-state index contributed by atoms with van der Waals surface area (Å²) in [6, 6.07) is 60.7. The summed E-state index contributed by atoms with van der Waals surface area (Å²) >= 11 is 0. The van der Waals surface area contributed by atoms with Crippen LogP contribution in [0.25, 0.3) is 0 Å². The van der Waals surface area contributed by atoms with Gasteiger partial charge in [0.05, 0.1) is 0 Å². The molecule has 0 aromatic heterocycles. The summed E-state index contributed by atoms with van der Waals surface area (Å²) in [5.74, 6) is 4.07. The summed E-state index contributed by atoms with van der Waals surface area (Å²) in [4.78, 5) is 26.3. The van der Waals surface area contributed by atoms with Gasteiger partial charge in [0.2, 0.25) is 12.3 Å². The van der Waals surface area contributed by atoms with Gasteiger partial charge in [-0.05, 0) is 118 Å². The normalized spacial score (nSPS) is 11.3. The van der Waals surface area contributed by atoms with Crippen molar-refractivity contribution in [2.45, 2.75) is 80.0 Å². The number of hydrogen-bond acceptors (Lipinski definition) is 9. The molecule has 0 aliphatic heterocycles. The largest absolute Gasteiger partial charge is 0.489 e. The molecular formula is C64H64N2O9. The Kier molecular flexibility index (Phi) is 18.5. The predicted molar refractivity (Wildman–Crippen MR) is 292 cm³/mol. The number of hydrogen-bond donors (Lipinski definition) is 1. The zero-order chi connectivity index (χ0) is 52.4. The monoisotopic (exact) mass is 1000 g/mol. The summed E-state index contributed by atoms with van der Waals surface area (Å²) in [6.07, 6.45) is 0.674. The number of aryl methyl sites for hydroxylation is 2. The maximum Gasteiger partial charge on any atom is 0.247 e. The molecule has 1 atom stereocenters. The lowest BCUT2D eigenvalue weighted by molar-refractivity contribution is -0.130. The van der Waals surface area contributed by atoms with Crippen LogP contribution < -0.4 is 38.5 Å². The second kappa shape index (κ2) is 26.3. The average molecular weight is 1010 g/mol. The first-order valence-corrected chi connectivity index (χ1v) is 25.1. The van der Waals surface area contributed by atoms with E-state index in [0.29, 0.717) is 78.8 Å². The molecule has 384 valence electrons. The van der Waals surface area contributed by atoms with E-state index in [2.05, 4.69) is 5.32 Å². The molecule has 8 aromatic carbocycles. The van der Waals surface area contributed by atoms with Crippen molar-refractivity contribution in [2.75, 3.05) is 12.4 Å². The van der Waals surface area contributed by atoms with Crippen molar-refractivity contribution in [3.05, 3.63) is 238 Å². The number of anilines is 1. The minimum atomic E-state index is -0.621. The Labute approximate surface area is 440 Å². The van der Waals surface area contributed by atoms with E-state index in [9.17, 15) is 9.59 Å². The Morgan fingerprint density at radius 2 is 0.707 bits per heavy atom. The Balaban J connectivity index is 1.05. The van der Waals surface area contributed by atoms with Gasteiger partial charge in [0.15, 0.2) is 0 Å². The number of carbonyl (C=O) groups excluding carboxylic acids is 2. The zero-order valence-corrected chi connectivity index (χ0v) is 43.2. The summed E-state index contributed by atoms with van der Waals surface area (Å²) in [6.45, 7) is 9.84. The molecule has 0 heterocycles. The molecule has 0 saturated heterocycles. The number of nitrogens with one attached hydrogen (secondary N) is 1. The molecule has 0 saturated carbocycles. The van der Waals surface area contributed by atoms with Crippen LogP contribution in [0.1, 0.15) is 63.9 Å². The molecule has 11 heteroatoms. The molecule has 0 aliphatic rings. The molecule has 1 N–H and O–H groups in total. The second-order valence-corrected chi connectivity index (χ2v) is 18.8. The van der Waals surface area contributed by atoms with Crippen LogP contribution in [0.4, 0.5) is 5.69 Å². The molecule has 8 rings (SSSR count). The predicted octanol–water partition coefficient (Wildman–Crippen LogP) is 13.4. The lowest BCUT2D eigenvalue weighted by atomic mass is 10.0. The number of rotatable bonds is 26. The molecule has 11 nitrogen and oxygen atoms in total. The Morgan fingerprint density at radius 1 is 0.427 bits per heavy atom. The van der Waals surface area contributed by atoms with Crippen molar-refractivity contribution >= 4 is 18.0 Å². The topological polar surface area (TPSA) is 114 Å². The minimum absolute atomic E-state index is 0.0836. The zero-order valence-electron chi connectivity index (χ0n) is 43.2. The summed E-state index contributed by atoms with van der Waals surface area (Å²) in [5, 5.41) is 3.00. The van der Waals surface area contributed by atoms with Crippen LogP contribution in [0.3, 0.4) is 0 Å². The number of benzene rings is 8. The second-order valence-electron chi connectivity index (χ2n) is 18.8. The maximum atomic E-state index is 13.3. The van der Waals surface area contributed by atoms with E-state index in [1.165, 1.54) is 4.90 Å². The van der Waals surface area contributed by atoms with Crippen molar-refractivity contribution in [3.63, 3.8) is 0 Å². The highest BCUT2D eigenvalue weighted by atomic mass is 16.5. The smallest absolute Gasteiger partial charge is 0.247 e. The van der Waals surface area contributed by atoms with Crippen LogP contribution in [0.5, 0.6) is 40.2 Å². The SMILES string of the molecule is Cc1cc(NC(=O)[C@H](C(C)C)N(C)C=O)cc(C)c1OCc1cc(OCc2cc(OCc3ccccc3)cc(OCc3ccccc3)c2)cc(OCc2cc(OCc3ccccc3)cc(OCc3ccccc3)c2)c1. The van der Waals surface area contributed by atoms with Gasteiger partial charge < -0.3 is 43.4 Å². The van der Waals surface area contributed by atoms with Crippen LogP contribution in [0, 0.1) is 19.8 Å². The summed E-state index contributed by atoms with van der Waals surface area (Å²) in [7, 11) is 1.61. The van der Waals surface area contributed by atoms with Crippen molar-refractivity contribution in [1.82, 2.24) is 4.90 Å². The van der Waals surface area contributed by atoms with E-state index < -0.39 is 6.04 Å². The fraction of sp³-hybridized carbons (Fsp3) is 0.219. The molecule has 75 heavy (non-hydrogen) atoms. The average Bonchev–Trinajstić information content (AvgIpc) is 3.42. The van der Waals surface area contributed by atoms with Gasteiger partial charge in [0.1, 0.15) is 92.5 Å². The van der Waals surface area contributed by atoms with Crippen LogP contribution >= 0.6 is 0 Å². The number of ether oxygens (including phenoxy) is 7. The highest BCUT2D eigenvalue weighted by Crippen LogP contribution is 2.33. The van der Waals surface area contributed by atoms with Gasteiger partial charge >= 0.3 is 0 Å². The number of carbonyl (C=O) groups is 2. The van der Waals surface area contributed by atoms with Gasteiger partial charge in [-0.2, -0.15) is 0 Å². The highest BCUT2D eigenvalue weighted by molar-refractivity contribution is 5.96. The molecule has 0 radical (unpaired) electrons. The van der Waals surface area contributed by atoms with Crippen molar-refractivity contribution in [1.29, 1.82) is 0 Å². The van der Waals surface area contributed by atoms with Crippen LogP contribution in [0.2, 0.25) is 0 Å². The number of likely N-dealkylation sites (N-methyl/N-ethyl adjacent to an activating group) is 1. The third-order valence-corrected chi connectivity index (χ3v) is 12.2. The third kappa shape index (κ3) is 15.9. The minimum Gasteiger partial charge on any atom is -0.489 e. The van der Waals surface area contributed by atoms with Crippen LogP contribution in [0.15, 0.2) is 188 Å². The van der Waals surface area contributed by atoms with Gasteiger partial charge in [-0.1, -0.05) is 135 Å². The van der Waals surface area contributed by atoms with Gasteiger partial charge in [-0.3, -0.25) is 9.59 Å². The Bertz CT molecular complexity index is 2790. The number of amides is 2. The van der Waals surface area contributed by atoms with Crippen molar-refractivity contribution < 1.29 is 42.7 Å². The van der Waals surface area contributed by atoms with E-state index >= 15 is 0 Å². The van der Waals surface area contributed by atoms with E-state index in [4.69, 9.17) is 33.2 Å². The quantitative estimate of drug-likeness (QED) is 0.0530. The van der Waals surface area contributed by atoms with Crippen LogP contribution in [-0.2, 0) is 55.8 Å². The first-order chi connectivity index (χ1) is 36.5. The van der Waals surface area contributed by atoms with E-state index in [0.717, 1.165) is 50.1 Å². The van der Waals surface area contributed by atoms with E-state index in [1.807, 2.05) is 216 Å². The first-order valence-electron chi connectivity index (χ1n) is 25.1. The van der Waals surface area contributed by atoms with Gasteiger partial charge in [-0.15, -0.1) is 0 Å². The van der Waals surface area contributed by atoms with Gasteiger partial charge in [-0.25, -0.2) is 0 Å². The van der Waals surface area contributed by atoms with Gasteiger partial charge in [0, 0.05) is 30.9 Å². The molecule has 0 spiro atoms. The Morgan fingerprint density at radius 3 is 0.987 bits per heavy atom. The lowest BCUT2D eigenvalue weighted by Gasteiger charge is -2.27. The molecule has 0 fully saturated rings. The lowest BCUT2D eigenvalue weighted by Crippen LogP contribution is -2.44. The Hall–Kier alpha value is -8.70. The molecule has 0 unspecified atom stereocenters. The van der Waals surface area contributed by atoms with E-state index in [-0.39, 0.29) is 31.6 Å². The fourth-order valence-electron chi connectivity index (χ4n) is 8.58. The maximum absolute atomic E-state index is 13.3. The molecule has 0 aliphatic carbocycles. The van der Waals surface area contributed by atoms with Gasteiger partial charge in [0.25, 0.3) is 0 Å². The first kappa shape index (κ1) is 52.6. The summed E-state index contributed by atoms with van der Waals surface area (Å²) < 4.78 is 45.0. The molecule has 8 aromatic rings. The van der Waals surface area contributed by atoms with E-state index in [1.54, 1.807) is 7.05 Å². The molecule has 0 bridgehead atoms. The molecule has 2 amide bonds. The standard InChI is InChI=1S/C64H64N2O9/c1-45(2)62(66(5)44-67)64(68)65-55-26-46(3)63(47(4)27-55)75-43-54-32-60(73-41-52-28-56(69-37-48-18-10-6-11-19-48)34-57(29-52)70-38-49-20-12-7-13-21-49)36-61(33-54)74-42-53-30-58(71-39-50-22-14-8-15-23-50)35-59(31-53)72-40-51-24-16-9-17-25-51/h6-36,44-45,62H,37-43H2,1-5H3,(H,65,68)/t62-/m0/s1. The number of nitrogens with zero attached hydrogens (tertiary/aromatic N) is 1. The fourth-order valence-corrected chi connectivity index (χ4v) is 8.58. The van der Waals surface area contributed by atoms with Crippen molar-refractivity contribution in [3.8, 4) is 40.2 Å². The summed E-state index contributed by atoms with van der Waals surface area (Å²) in [5.41, 5.74) is 8.96. The third-order valence-electron chi connectivity index (χ3n) is 12.2. The highest BCUT2D eigenvalue weighted by Gasteiger charge is 2.26. The molecular weight excluding hydrogens is 941 g/mol. The van der Waals surface area contributed by atoms with Crippen LogP contribution in [-0.4, -0.2) is 30.3 Å².